The van der Waals surface area contributed by atoms with Crippen molar-refractivity contribution >= 4 is 27.5 Å². The Morgan fingerprint density at radius 3 is 2.94 bits per heavy atom. The van der Waals surface area contributed by atoms with Crippen LogP contribution in [0.25, 0.3) is 5.69 Å². The molecular weight excluding hydrogens is 289 g/mol. The summed E-state index contributed by atoms with van der Waals surface area (Å²) in [6.45, 7) is 0.612. The lowest BCUT2D eigenvalue weighted by Gasteiger charge is -2.08. The lowest BCUT2D eigenvalue weighted by Crippen LogP contribution is -2.07. The minimum absolute atomic E-state index is 0.612. The van der Waals surface area contributed by atoms with Crippen molar-refractivity contribution in [3.63, 3.8) is 0 Å². The summed E-state index contributed by atoms with van der Waals surface area (Å²) in [6, 6.07) is 5.77. The summed E-state index contributed by atoms with van der Waals surface area (Å²) in [5.41, 5.74) is 7.67. The molecule has 0 amide bonds. The van der Waals surface area contributed by atoms with Crippen LogP contribution < -0.4 is 5.73 Å². The number of rotatable bonds is 3. The Balaban J connectivity index is 2.42. The first-order valence-electron chi connectivity index (χ1n) is 4.89. The molecule has 0 radical (unpaired) electrons. The van der Waals surface area contributed by atoms with Gasteiger partial charge in [-0.2, -0.15) is 0 Å². The maximum atomic E-state index is 5.95. The van der Waals surface area contributed by atoms with Crippen molar-refractivity contribution in [2.45, 2.75) is 6.42 Å². The highest BCUT2D eigenvalue weighted by Gasteiger charge is 2.05. The second-order valence-electron chi connectivity index (χ2n) is 3.39. The monoisotopic (exact) mass is 299 g/mol. The van der Waals surface area contributed by atoms with Crippen LogP contribution in [0, 0.1) is 0 Å². The van der Waals surface area contributed by atoms with Crippen LogP contribution in [-0.4, -0.2) is 16.1 Å². The average Bonchev–Trinajstić information content (AvgIpc) is 2.71. The Hall–Kier alpha value is -0.840. The predicted molar refractivity (Wildman–Crippen MR) is 69.0 cm³/mol. The predicted octanol–water partition coefficient (Wildman–Crippen LogP) is 2.79. The Bertz CT molecular complexity index is 496. The van der Waals surface area contributed by atoms with Gasteiger partial charge in [-0.05, 0) is 40.7 Å². The molecule has 0 aliphatic carbocycles. The molecule has 1 aromatic carbocycles. The molecule has 16 heavy (non-hydrogen) atoms. The number of halogens is 2. The summed E-state index contributed by atoms with van der Waals surface area (Å²) in [4.78, 5) is 4.13. The van der Waals surface area contributed by atoms with Crippen molar-refractivity contribution in [3.05, 3.63) is 45.9 Å². The molecule has 2 rings (SSSR count). The van der Waals surface area contributed by atoms with Gasteiger partial charge in [0.1, 0.15) is 0 Å². The van der Waals surface area contributed by atoms with Gasteiger partial charge >= 0.3 is 0 Å². The van der Waals surface area contributed by atoms with Crippen molar-refractivity contribution < 1.29 is 0 Å². The molecule has 0 spiro atoms. The van der Waals surface area contributed by atoms with E-state index in [1.165, 1.54) is 0 Å². The third kappa shape index (κ3) is 2.29. The van der Waals surface area contributed by atoms with E-state index in [0.29, 0.717) is 11.6 Å². The molecule has 0 aliphatic rings. The van der Waals surface area contributed by atoms with Crippen LogP contribution in [-0.2, 0) is 6.42 Å². The van der Waals surface area contributed by atoms with Gasteiger partial charge in [-0.1, -0.05) is 11.6 Å². The molecule has 0 unspecified atom stereocenters. The minimum Gasteiger partial charge on any atom is -0.330 e. The number of aromatic nitrogens is 2. The molecule has 5 heteroatoms. The fraction of sp³-hybridized carbons (Fsp3) is 0.182. The Morgan fingerprint density at radius 2 is 2.25 bits per heavy atom. The topological polar surface area (TPSA) is 43.8 Å². The number of hydrogen-bond acceptors (Lipinski definition) is 2. The van der Waals surface area contributed by atoms with Crippen molar-refractivity contribution in [1.82, 2.24) is 9.55 Å². The van der Waals surface area contributed by atoms with Crippen molar-refractivity contribution in [2.24, 2.45) is 5.73 Å². The maximum absolute atomic E-state index is 5.95. The molecule has 3 nitrogen and oxygen atoms in total. The molecule has 1 heterocycles. The van der Waals surface area contributed by atoms with Crippen molar-refractivity contribution in [2.75, 3.05) is 6.54 Å². The summed E-state index contributed by atoms with van der Waals surface area (Å²) in [5.74, 6) is 0. The van der Waals surface area contributed by atoms with E-state index in [1.807, 2.05) is 29.0 Å². The first-order chi connectivity index (χ1) is 7.72. The quantitative estimate of drug-likeness (QED) is 0.947. The molecule has 1 aromatic heterocycles. The van der Waals surface area contributed by atoms with Gasteiger partial charge in [0.15, 0.2) is 0 Å². The second-order valence-corrected chi connectivity index (χ2v) is 4.65. The smallest absolute Gasteiger partial charge is 0.0994 e. The van der Waals surface area contributed by atoms with E-state index < -0.39 is 0 Å². The van der Waals surface area contributed by atoms with Crippen molar-refractivity contribution in [1.29, 1.82) is 0 Å². The van der Waals surface area contributed by atoms with Gasteiger partial charge in [-0.3, -0.25) is 0 Å². The zero-order chi connectivity index (χ0) is 11.5. The molecule has 0 saturated carbocycles. The first-order valence-corrected chi connectivity index (χ1v) is 6.06. The van der Waals surface area contributed by atoms with Gasteiger partial charge in [-0.25, -0.2) is 4.98 Å². The van der Waals surface area contributed by atoms with Gasteiger partial charge < -0.3 is 10.3 Å². The molecule has 0 aliphatic heterocycles. The largest absolute Gasteiger partial charge is 0.330 e. The lowest BCUT2D eigenvalue weighted by molar-refractivity contribution is 0.873. The molecule has 0 fully saturated rings. The second kappa shape index (κ2) is 4.99. The fourth-order valence-corrected chi connectivity index (χ4v) is 2.01. The molecule has 0 atom stereocenters. The minimum atomic E-state index is 0.612. The zero-order valence-corrected chi connectivity index (χ0v) is 10.9. The van der Waals surface area contributed by atoms with Gasteiger partial charge in [0, 0.05) is 28.5 Å². The lowest BCUT2D eigenvalue weighted by atomic mass is 10.3. The van der Waals surface area contributed by atoms with Crippen LogP contribution in [0.3, 0.4) is 0 Å². The third-order valence-corrected chi connectivity index (χ3v) is 3.51. The van der Waals surface area contributed by atoms with Crippen LogP contribution in [0.2, 0.25) is 5.02 Å². The summed E-state index contributed by atoms with van der Waals surface area (Å²) < 4.78 is 2.88. The number of nitrogens with zero attached hydrogens (tertiary/aromatic N) is 2. The van der Waals surface area contributed by atoms with Gasteiger partial charge in [0.25, 0.3) is 0 Å². The van der Waals surface area contributed by atoms with E-state index in [1.54, 1.807) is 6.33 Å². The third-order valence-electron chi connectivity index (χ3n) is 2.30. The summed E-state index contributed by atoms with van der Waals surface area (Å²) in [7, 11) is 0. The van der Waals surface area contributed by atoms with E-state index >= 15 is 0 Å². The average molecular weight is 301 g/mol. The molecule has 2 aromatic rings. The van der Waals surface area contributed by atoms with Crippen LogP contribution in [0.1, 0.15) is 5.69 Å². The number of benzene rings is 1. The molecular formula is C11H11BrClN3. The molecule has 0 saturated heterocycles. The highest BCUT2D eigenvalue weighted by atomic mass is 79.9. The Morgan fingerprint density at radius 1 is 1.44 bits per heavy atom. The molecule has 0 bridgehead atoms. The zero-order valence-electron chi connectivity index (χ0n) is 8.53. The maximum Gasteiger partial charge on any atom is 0.0994 e. The Kier molecular flexibility index (Phi) is 3.63. The fourth-order valence-electron chi connectivity index (χ4n) is 1.52. The number of imidazole rings is 1. The van der Waals surface area contributed by atoms with Crippen LogP contribution in [0.15, 0.2) is 35.2 Å². The van der Waals surface area contributed by atoms with Crippen LogP contribution in [0.5, 0.6) is 0 Å². The molecule has 84 valence electrons. The van der Waals surface area contributed by atoms with Crippen LogP contribution >= 0.6 is 27.5 Å². The van der Waals surface area contributed by atoms with E-state index in [0.717, 1.165) is 22.3 Å². The summed E-state index contributed by atoms with van der Waals surface area (Å²) in [5, 5.41) is 0.698. The molecule has 2 N–H and O–H groups in total. The van der Waals surface area contributed by atoms with Gasteiger partial charge in [0.05, 0.1) is 11.3 Å². The number of hydrogen-bond donors (Lipinski definition) is 1. The van der Waals surface area contributed by atoms with E-state index in [-0.39, 0.29) is 0 Å². The summed E-state index contributed by atoms with van der Waals surface area (Å²) >= 11 is 9.36. The highest BCUT2D eigenvalue weighted by Crippen LogP contribution is 2.25. The van der Waals surface area contributed by atoms with Crippen molar-refractivity contribution in [3.8, 4) is 5.69 Å². The summed E-state index contributed by atoms with van der Waals surface area (Å²) in [6.07, 6.45) is 4.41. The van der Waals surface area contributed by atoms with E-state index in [4.69, 9.17) is 17.3 Å². The van der Waals surface area contributed by atoms with Gasteiger partial charge in [-0.15, -0.1) is 0 Å². The highest BCUT2D eigenvalue weighted by molar-refractivity contribution is 9.10. The standard InChI is InChI=1S/C11H11BrClN3/c12-10-5-8(1-2-11(10)13)16-7-15-6-9(16)3-4-14/h1-2,5-7H,3-4,14H2. The normalized spacial score (nSPS) is 10.7. The Labute approximate surface area is 107 Å². The number of nitrogens with two attached hydrogens (primary N) is 1. The van der Waals surface area contributed by atoms with E-state index in [9.17, 15) is 0 Å². The van der Waals surface area contributed by atoms with E-state index in [2.05, 4.69) is 20.9 Å². The SMILES string of the molecule is NCCc1cncn1-c1ccc(Cl)c(Br)c1. The van der Waals surface area contributed by atoms with Gasteiger partial charge in [0.2, 0.25) is 0 Å². The van der Waals surface area contributed by atoms with Crippen LogP contribution in [0.4, 0.5) is 0 Å². The first kappa shape index (κ1) is 11.6.